The van der Waals surface area contributed by atoms with Crippen LogP contribution in [0.4, 0.5) is 0 Å². The molecular formula is C25H30N4O4. The average molecular weight is 451 g/mol. The van der Waals surface area contributed by atoms with Crippen LogP contribution in [-0.4, -0.2) is 44.9 Å². The van der Waals surface area contributed by atoms with Crippen LogP contribution in [0, 0.1) is 18.8 Å². The van der Waals surface area contributed by atoms with E-state index in [1.807, 2.05) is 18.2 Å². The third-order valence-electron chi connectivity index (χ3n) is 6.83. The molecule has 2 fully saturated rings. The van der Waals surface area contributed by atoms with Gasteiger partial charge in [-0.3, -0.25) is 9.59 Å². The first-order valence-corrected chi connectivity index (χ1v) is 11.7. The number of carboxylic acid groups (broad SMARTS) is 1. The van der Waals surface area contributed by atoms with Gasteiger partial charge in [0.15, 0.2) is 0 Å². The van der Waals surface area contributed by atoms with Gasteiger partial charge in [0.1, 0.15) is 11.9 Å². The molecule has 3 N–H and O–H groups in total. The summed E-state index contributed by atoms with van der Waals surface area (Å²) in [7, 11) is 0. The van der Waals surface area contributed by atoms with Crippen LogP contribution in [-0.2, 0) is 22.6 Å². The average Bonchev–Trinajstić information content (AvgIpc) is 3.58. The smallest absolute Gasteiger partial charge is 0.320 e. The van der Waals surface area contributed by atoms with Crippen molar-refractivity contribution in [2.75, 3.05) is 13.2 Å². The van der Waals surface area contributed by atoms with Crippen molar-refractivity contribution in [3.8, 4) is 11.4 Å². The Bertz CT molecular complexity index is 1220. The number of H-pyrrole nitrogens is 1. The van der Waals surface area contributed by atoms with Crippen LogP contribution in [0.3, 0.4) is 0 Å². The summed E-state index contributed by atoms with van der Waals surface area (Å²) in [6.45, 7) is 4.70. The van der Waals surface area contributed by atoms with Crippen LogP contribution in [0.5, 0.6) is 0 Å². The molecule has 1 aliphatic heterocycles. The van der Waals surface area contributed by atoms with E-state index in [0.29, 0.717) is 18.0 Å². The Labute approximate surface area is 192 Å². The topological polar surface area (TPSA) is 109 Å². The lowest BCUT2D eigenvalue weighted by molar-refractivity contribution is -0.140. The molecule has 1 saturated carbocycles. The molecule has 8 heteroatoms. The number of carbonyl (C=O) groups is 1. The second-order valence-corrected chi connectivity index (χ2v) is 9.36. The summed E-state index contributed by atoms with van der Waals surface area (Å²) in [6, 6.07) is 7.55. The molecule has 2 aliphatic rings. The van der Waals surface area contributed by atoms with Crippen molar-refractivity contribution in [1.29, 1.82) is 0 Å². The number of aromatic nitrogens is 3. The Morgan fingerprint density at radius 1 is 1.27 bits per heavy atom. The van der Waals surface area contributed by atoms with Gasteiger partial charge in [0.2, 0.25) is 0 Å². The van der Waals surface area contributed by atoms with Crippen molar-refractivity contribution in [1.82, 2.24) is 19.9 Å². The monoisotopic (exact) mass is 450 g/mol. The maximum absolute atomic E-state index is 11.9. The molecule has 33 heavy (non-hydrogen) atoms. The van der Waals surface area contributed by atoms with Crippen LogP contribution in [0.1, 0.15) is 36.8 Å². The first-order chi connectivity index (χ1) is 16.0. The Morgan fingerprint density at radius 3 is 2.76 bits per heavy atom. The summed E-state index contributed by atoms with van der Waals surface area (Å²) >= 11 is 0. The first kappa shape index (κ1) is 21.9. The molecule has 0 unspecified atom stereocenters. The molecule has 3 heterocycles. The predicted molar refractivity (Wildman–Crippen MR) is 125 cm³/mol. The summed E-state index contributed by atoms with van der Waals surface area (Å²) in [5.74, 6) is 0.798. The number of hydrogen-bond donors (Lipinski definition) is 3. The Hall–Kier alpha value is -2.97. The molecule has 1 saturated heterocycles. The predicted octanol–water partition coefficient (Wildman–Crippen LogP) is 3.08. The fourth-order valence-electron chi connectivity index (χ4n) is 4.72. The number of nitrogens with one attached hydrogen (secondary N) is 2. The second kappa shape index (κ2) is 9.11. The maximum atomic E-state index is 11.9. The summed E-state index contributed by atoms with van der Waals surface area (Å²) in [4.78, 5) is 31.2. The number of nitrogens with zero attached hydrogens (tertiary/aromatic N) is 2. The van der Waals surface area contributed by atoms with Crippen molar-refractivity contribution in [3.05, 3.63) is 51.9 Å². The van der Waals surface area contributed by atoms with Crippen molar-refractivity contribution < 1.29 is 14.6 Å². The van der Waals surface area contributed by atoms with Crippen LogP contribution < -0.4 is 10.9 Å². The number of pyridine rings is 1. The third-order valence-corrected chi connectivity index (χ3v) is 6.83. The Kier molecular flexibility index (Phi) is 6.03. The minimum Gasteiger partial charge on any atom is -0.480 e. The lowest BCUT2D eigenvalue weighted by atomic mass is 10.00. The minimum absolute atomic E-state index is 0.0946. The summed E-state index contributed by atoms with van der Waals surface area (Å²) in [5.41, 5.74) is 4.37. The van der Waals surface area contributed by atoms with Gasteiger partial charge in [-0.25, -0.2) is 4.98 Å². The van der Waals surface area contributed by atoms with Gasteiger partial charge in [-0.15, -0.1) is 0 Å². The van der Waals surface area contributed by atoms with E-state index in [1.54, 1.807) is 13.1 Å². The van der Waals surface area contributed by atoms with E-state index < -0.39 is 12.0 Å². The fraction of sp³-hybridized carbons (Fsp3) is 0.480. The Balaban J connectivity index is 1.48. The van der Waals surface area contributed by atoms with Crippen LogP contribution in [0.25, 0.3) is 22.4 Å². The molecule has 5 rings (SSSR count). The Morgan fingerprint density at radius 2 is 2.06 bits per heavy atom. The lowest BCUT2D eigenvalue weighted by Gasteiger charge is -2.23. The minimum atomic E-state index is -0.782. The number of fused-ring (bicyclic) bond motifs is 1. The number of aromatic amines is 1. The van der Waals surface area contributed by atoms with E-state index in [-0.39, 0.29) is 11.5 Å². The lowest BCUT2D eigenvalue weighted by Crippen LogP contribution is -2.38. The number of hydrogen-bond acceptors (Lipinski definition) is 5. The SMILES string of the molecule is Cc1cc(-c2nc3cc(CN[C@H](C(=O)O)C4CC4)ccc3n2CC2CCOCC2)c[nH]c1=O. The number of rotatable bonds is 8. The molecule has 0 spiro atoms. The van der Waals surface area contributed by atoms with E-state index >= 15 is 0 Å². The molecule has 0 radical (unpaired) electrons. The standard InChI is InChI=1S/C25H30N4O4/c1-15-10-19(13-27-24(15)30)23-28-20-11-17(12-26-22(25(31)32)18-3-4-18)2-5-21(20)29(23)14-16-6-8-33-9-7-16/h2,5,10-11,13,16,18,22,26H,3-4,6-9,12,14H2,1H3,(H,27,30)(H,31,32)/t22-/m0/s1. The number of ether oxygens (including phenoxy) is 1. The third kappa shape index (κ3) is 4.72. The van der Waals surface area contributed by atoms with Crippen LogP contribution in [0.15, 0.2) is 35.3 Å². The highest BCUT2D eigenvalue weighted by Crippen LogP contribution is 2.33. The van der Waals surface area contributed by atoms with Gasteiger partial charge < -0.3 is 24.7 Å². The quantitative estimate of drug-likeness (QED) is 0.487. The number of aryl methyl sites for hydroxylation is 1. The number of aliphatic carboxylic acids is 1. The molecule has 3 aromatic rings. The highest BCUT2D eigenvalue weighted by atomic mass is 16.5. The van der Waals surface area contributed by atoms with Gasteiger partial charge in [0.25, 0.3) is 5.56 Å². The molecule has 0 bridgehead atoms. The van der Waals surface area contributed by atoms with Gasteiger partial charge in [0, 0.05) is 43.6 Å². The van der Waals surface area contributed by atoms with Crippen LogP contribution >= 0.6 is 0 Å². The largest absolute Gasteiger partial charge is 0.480 e. The molecule has 1 aliphatic carbocycles. The van der Waals surface area contributed by atoms with E-state index in [1.165, 1.54) is 0 Å². The molecule has 2 aromatic heterocycles. The van der Waals surface area contributed by atoms with Gasteiger partial charge in [-0.05, 0) is 68.2 Å². The first-order valence-electron chi connectivity index (χ1n) is 11.7. The molecule has 1 atom stereocenters. The summed E-state index contributed by atoms with van der Waals surface area (Å²) in [6.07, 6.45) is 5.71. The normalized spacial score (nSPS) is 18.0. The van der Waals surface area contributed by atoms with E-state index in [0.717, 1.165) is 73.4 Å². The van der Waals surface area contributed by atoms with Crippen molar-refractivity contribution in [2.24, 2.45) is 11.8 Å². The molecular weight excluding hydrogens is 420 g/mol. The number of imidazole rings is 1. The van der Waals surface area contributed by atoms with Crippen molar-refractivity contribution in [3.63, 3.8) is 0 Å². The molecule has 1 aromatic carbocycles. The zero-order valence-corrected chi connectivity index (χ0v) is 18.8. The van der Waals surface area contributed by atoms with E-state index in [4.69, 9.17) is 9.72 Å². The molecule has 174 valence electrons. The van der Waals surface area contributed by atoms with E-state index in [9.17, 15) is 14.7 Å². The highest BCUT2D eigenvalue weighted by Gasteiger charge is 2.35. The zero-order chi connectivity index (χ0) is 22.9. The van der Waals surface area contributed by atoms with Gasteiger partial charge in [-0.2, -0.15) is 0 Å². The zero-order valence-electron chi connectivity index (χ0n) is 18.8. The maximum Gasteiger partial charge on any atom is 0.320 e. The van der Waals surface area contributed by atoms with Gasteiger partial charge >= 0.3 is 5.97 Å². The van der Waals surface area contributed by atoms with Gasteiger partial charge in [-0.1, -0.05) is 6.07 Å². The number of carboxylic acids is 1. The highest BCUT2D eigenvalue weighted by molar-refractivity contribution is 5.81. The number of benzene rings is 1. The molecule has 8 nitrogen and oxygen atoms in total. The summed E-state index contributed by atoms with van der Waals surface area (Å²) in [5, 5.41) is 12.7. The van der Waals surface area contributed by atoms with Crippen LogP contribution in [0.2, 0.25) is 0 Å². The van der Waals surface area contributed by atoms with Crippen molar-refractivity contribution in [2.45, 2.75) is 51.7 Å². The van der Waals surface area contributed by atoms with E-state index in [2.05, 4.69) is 20.9 Å². The second-order valence-electron chi connectivity index (χ2n) is 9.36. The fourth-order valence-corrected chi connectivity index (χ4v) is 4.72. The molecule has 0 amide bonds. The van der Waals surface area contributed by atoms with Crippen molar-refractivity contribution >= 4 is 17.0 Å². The van der Waals surface area contributed by atoms with Gasteiger partial charge in [0.05, 0.1) is 11.0 Å². The summed E-state index contributed by atoms with van der Waals surface area (Å²) < 4.78 is 7.79.